The molecule has 0 saturated carbocycles. The van der Waals surface area contributed by atoms with E-state index in [9.17, 15) is 9.59 Å². The van der Waals surface area contributed by atoms with Crippen LogP contribution < -0.4 is 5.32 Å². The van der Waals surface area contributed by atoms with E-state index in [2.05, 4.69) is 21.2 Å². The molecule has 0 aliphatic carbocycles. The van der Waals surface area contributed by atoms with Gasteiger partial charge in [0.1, 0.15) is 6.54 Å². The SMILES string of the molecule is COCCN(CC(=O)O)C(=O)NCc1ccccc1Br. The molecule has 7 heteroatoms. The minimum absolute atomic E-state index is 0.227. The fourth-order valence-corrected chi connectivity index (χ4v) is 1.97. The Kier molecular flexibility index (Phi) is 7.03. The number of nitrogens with one attached hydrogen (secondary N) is 1. The smallest absolute Gasteiger partial charge is 0.323 e. The zero-order valence-corrected chi connectivity index (χ0v) is 12.7. The van der Waals surface area contributed by atoms with E-state index in [1.807, 2.05) is 24.3 Å². The first-order valence-corrected chi connectivity index (χ1v) is 6.80. The lowest BCUT2D eigenvalue weighted by Gasteiger charge is -2.21. The highest BCUT2D eigenvalue weighted by Gasteiger charge is 2.16. The van der Waals surface area contributed by atoms with Crippen molar-refractivity contribution in [1.82, 2.24) is 10.2 Å². The summed E-state index contributed by atoms with van der Waals surface area (Å²) in [5.74, 6) is -1.06. The van der Waals surface area contributed by atoms with Gasteiger partial charge in [-0.3, -0.25) is 4.79 Å². The number of aliphatic carboxylic acids is 1. The molecule has 6 nitrogen and oxygen atoms in total. The van der Waals surface area contributed by atoms with E-state index in [-0.39, 0.29) is 19.7 Å². The molecule has 0 atom stereocenters. The number of hydrogen-bond acceptors (Lipinski definition) is 3. The normalized spacial score (nSPS) is 10.1. The molecular formula is C13H17BrN2O4. The molecule has 0 aliphatic heterocycles. The van der Waals surface area contributed by atoms with Crippen LogP contribution in [0.4, 0.5) is 4.79 Å². The molecule has 0 aromatic heterocycles. The third kappa shape index (κ3) is 5.58. The van der Waals surface area contributed by atoms with Gasteiger partial charge in [0.25, 0.3) is 0 Å². The number of methoxy groups -OCH3 is 1. The predicted molar refractivity (Wildman–Crippen MR) is 77.5 cm³/mol. The van der Waals surface area contributed by atoms with Crippen molar-refractivity contribution in [3.8, 4) is 0 Å². The molecule has 1 aromatic carbocycles. The Morgan fingerprint density at radius 3 is 2.70 bits per heavy atom. The van der Waals surface area contributed by atoms with Gasteiger partial charge in [-0.2, -0.15) is 0 Å². The molecule has 20 heavy (non-hydrogen) atoms. The second-order valence-electron chi connectivity index (χ2n) is 4.06. The summed E-state index contributed by atoms with van der Waals surface area (Å²) in [6, 6.07) is 7.07. The van der Waals surface area contributed by atoms with Crippen molar-refractivity contribution in [3.63, 3.8) is 0 Å². The fourth-order valence-electron chi connectivity index (χ4n) is 1.54. The van der Waals surface area contributed by atoms with Crippen molar-refractivity contribution in [2.75, 3.05) is 26.8 Å². The number of nitrogens with zero attached hydrogens (tertiary/aromatic N) is 1. The van der Waals surface area contributed by atoms with E-state index < -0.39 is 12.0 Å². The van der Waals surface area contributed by atoms with Crippen molar-refractivity contribution >= 4 is 27.9 Å². The molecule has 0 aliphatic rings. The number of benzene rings is 1. The van der Waals surface area contributed by atoms with Crippen LogP contribution in [0.5, 0.6) is 0 Å². The van der Waals surface area contributed by atoms with Crippen molar-refractivity contribution in [2.45, 2.75) is 6.54 Å². The van der Waals surface area contributed by atoms with Crippen LogP contribution in [-0.2, 0) is 16.1 Å². The molecule has 2 N–H and O–H groups in total. The maximum atomic E-state index is 11.9. The van der Waals surface area contributed by atoms with Crippen LogP contribution in [0.1, 0.15) is 5.56 Å². The lowest BCUT2D eigenvalue weighted by atomic mass is 10.2. The largest absolute Gasteiger partial charge is 0.480 e. The predicted octanol–water partition coefficient (Wildman–Crippen LogP) is 1.69. The first kappa shape index (κ1) is 16.5. The van der Waals surface area contributed by atoms with Crippen LogP contribution in [-0.4, -0.2) is 48.8 Å². The zero-order chi connectivity index (χ0) is 15.0. The number of ether oxygens (including phenoxy) is 1. The maximum absolute atomic E-state index is 11.9. The Morgan fingerprint density at radius 1 is 1.40 bits per heavy atom. The summed E-state index contributed by atoms with van der Waals surface area (Å²) in [5, 5.41) is 11.5. The van der Waals surface area contributed by atoms with Crippen molar-refractivity contribution < 1.29 is 19.4 Å². The molecule has 0 radical (unpaired) electrons. The summed E-state index contributed by atoms with van der Waals surface area (Å²) in [7, 11) is 1.50. The van der Waals surface area contributed by atoms with Gasteiger partial charge < -0.3 is 20.1 Å². The van der Waals surface area contributed by atoms with Gasteiger partial charge in [0, 0.05) is 24.7 Å². The van der Waals surface area contributed by atoms with Gasteiger partial charge in [0.05, 0.1) is 6.61 Å². The molecule has 0 heterocycles. The third-order valence-electron chi connectivity index (χ3n) is 2.57. The number of halogens is 1. The van der Waals surface area contributed by atoms with Crippen LogP contribution in [0.15, 0.2) is 28.7 Å². The van der Waals surface area contributed by atoms with Gasteiger partial charge in [0.15, 0.2) is 0 Å². The Hall–Kier alpha value is -1.60. The van der Waals surface area contributed by atoms with Gasteiger partial charge in [-0.25, -0.2) is 4.79 Å². The first-order chi connectivity index (χ1) is 9.54. The number of hydrogen-bond donors (Lipinski definition) is 2. The van der Waals surface area contributed by atoms with Gasteiger partial charge in [-0.1, -0.05) is 34.1 Å². The third-order valence-corrected chi connectivity index (χ3v) is 3.34. The second-order valence-corrected chi connectivity index (χ2v) is 4.91. The van der Waals surface area contributed by atoms with Gasteiger partial charge in [0.2, 0.25) is 0 Å². The first-order valence-electron chi connectivity index (χ1n) is 6.01. The highest BCUT2D eigenvalue weighted by molar-refractivity contribution is 9.10. The number of carbonyl (C=O) groups is 2. The Labute approximate surface area is 125 Å². The summed E-state index contributed by atoms with van der Waals surface area (Å²) < 4.78 is 5.75. The van der Waals surface area contributed by atoms with E-state index in [0.717, 1.165) is 10.0 Å². The Balaban J connectivity index is 2.57. The fraction of sp³-hybridized carbons (Fsp3) is 0.385. The van der Waals surface area contributed by atoms with E-state index in [4.69, 9.17) is 9.84 Å². The average molecular weight is 345 g/mol. The zero-order valence-electron chi connectivity index (χ0n) is 11.1. The summed E-state index contributed by atoms with van der Waals surface area (Å²) in [4.78, 5) is 23.9. The Morgan fingerprint density at radius 2 is 2.10 bits per heavy atom. The molecular weight excluding hydrogens is 328 g/mol. The molecule has 0 bridgehead atoms. The van der Waals surface area contributed by atoms with Gasteiger partial charge in [-0.05, 0) is 11.6 Å². The molecule has 0 spiro atoms. The number of carbonyl (C=O) groups excluding carboxylic acids is 1. The molecule has 110 valence electrons. The van der Waals surface area contributed by atoms with Crippen molar-refractivity contribution in [1.29, 1.82) is 0 Å². The van der Waals surface area contributed by atoms with Gasteiger partial charge >= 0.3 is 12.0 Å². The maximum Gasteiger partial charge on any atom is 0.323 e. The quantitative estimate of drug-likeness (QED) is 0.788. The van der Waals surface area contributed by atoms with Crippen molar-refractivity contribution in [3.05, 3.63) is 34.3 Å². The lowest BCUT2D eigenvalue weighted by molar-refractivity contribution is -0.137. The summed E-state index contributed by atoms with van der Waals surface area (Å²) in [6.45, 7) is 0.481. The Bertz CT molecular complexity index is 467. The van der Waals surface area contributed by atoms with E-state index >= 15 is 0 Å². The highest BCUT2D eigenvalue weighted by atomic mass is 79.9. The second kappa shape index (κ2) is 8.55. The number of urea groups is 1. The molecule has 0 saturated heterocycles. The van der Waals surface area contributed by atoms with Crippen LogP contribution in [0.25, 0.3) is 0 Å². The molecule has 1 aromatic rings. The number of carboxylic acid groups (broad SMARTS) is 1. The molecule has 0 unspecified atom stereocenters. The highest BCUT2D eigenvalue weighted by Crippen LogP contribution is 2.15. The van der Waals surface area contributed by atoms with Crippen LogP contribution in [0.3, 0.4) is 0 Å². The molecule has 0 fully saturated rings. The van der Waals surface area contributed by atoms with Crippen LogP contribution in [0, 0.1) is 0 Å². The van der Waals surface area contributed by atoms with Gasteiger partial charge in [-0.15, -0.1) is 0 Å². The van der Waals surface area contributed by atoms with Crippen molar-refractivity contribution in [2.24, 2.45) is 0 Å². The van der Waals surface area contributed by atoms with Crippen LogP contribution >= 0.6 is 15.9 Å². The minimum Gasteiger partial charge on any atom is -0.480 e. The summed E-state index contributed by atoms with van der Waals surface area (Å²) >= 11 is 3.39. The van der Waals surface area contributed by atoms with E-state index in [1.54, 1.807) is 0 Å². The number of carboxylic acids is 1. The topological polar surface area (TPSA) is 78.9 Å². The monoisotopic (exact) mass is 344 g/mol. The number of amides is 2. The summed E-state index contributed by atoms with van der Waals surface area (Å²) in [5.41, 5.74) is 0.919. The summed E-state index contributed by atoms with van der Waals surface area (Å²) in [6.07, 6.45) is 0. The minimum atomic E-state index is -1.06. The lowest BCUT2D eigenvalue weighted by Crippen LogP contribution is -2.44. The van der Waals surface area contributed by atoms with Crippen LogP contribution in [0.2, 0.25) is 0 Å². The van der Waals surface area contributed by atoms with E-state index in [0.29, 0.717) is 6.54 Å². The molecule has 2 amide bonds. The molecule has 1 rings (SSSR count). The average Bonchev–Trinajstić information content (AvgIpc) is 2.41. The van der Waals surface area contributed by atoms with E-state index in [1.165, 1.54) is 12.0 Å². The standard InChI is InChI=1S/C13H17BrN2O4/c1-20-7-6-16(9-12(17)18)13(19)15-8-10-4-2-3-5-11(10)14/h2-5H,6-9H2,1H3,(H,15,19)(H,17,18). The number of rotatable bonds is 7.